The van der Waals surface area contributed by atoms with E-state index >= 15 is 0 Å². The maximum absolute atomic E-state index is 13.3. The van der Waals surface area contributed by atoms with Gasteiger partial charge >= 0.3 is 5.97 Å². The molecule has 0 amide bonds. The van der Waals surface area contributed by atoms with E-state index in [1.54, 1.807) is 6.92 Å². The van der Waals surface area contributed by atoms with Gasteiger partial charge in [-0.3, -0.25) is 0 Å². The van der Waals surface area contributed by atoms with Crippen LogP contribution in [0.5, 0.6) is 5.75 Å². The lowest BCUT2D eigenvalue weighted by Crippen LogP contribution is -2.25. The van der Waals surface area contributed by atoms with E-state index in [1.807, 2.05) is 26.0 Å². The number of ether oxygens (including phenoxy) is 3. The molecule has 0 bridgehead atoms. The summed E-state index contributed by atoms with van der Waals surface area (Å²) in [4.78, 5) is 12.6. The molecule has 1 aliphatic heterocycles. The van der Waals surface area contributed by atoms with Crippen LogP contribution >= 0.6 is 11.6 Å². The molecule has 0 fully saturated rings. The molecule has 0 saturated carbocycles. The zero-order valence-corrected chi connectivity index (χ0v) is 18.8. The molecule has 0 spiro atoms. The first-order valence-electron chi connectivity index (χ1n) is 9.72. The number of aryl methyl sites for hydroxylation is 2. The standard InChI is InChI=1S/C24H22ClFN2O4/c1-12-7-13(2)17(8-15(12)11-31-20-6-5-16(26)9-19(20)25)22-18(10-27)23(28)32-14(3)21(22)24(29)30-4/h5-9,22H,11,28H2,1-4H3. The minimum atomic E-state index is -0.755. The van der Waals surface area contributed by atoms with E-state index in [1.165, 1.54) is 25.3 Å². The molecule has 3 rings (SSSR count). The molecule has 0 aromatic heterocycles. The van der Waals surface area contributed by atoms with Gasteiger partial charge in [-0.1, -0.05) is 23.7 Å². The molecular weight excluding hydrogens is 435 g/mol. The quantitative estimate of drug-likeness (QED) is 0.641. The average Bonchev–Trinajstić information content (AvgIpc) is 2.73. The second-order valence-corrected chi connectivity index (χ2v) is 7.79. The molecule has 0 saturated heterocycles. The molecule has 166 valence electrons. The van der Waals surface area contributed by atoms with Gasteiger partial charge in [0.15, 0.2) is 0 Å². The van der Waals surface area contributed by atoms with Crippen LogP contribution in [0.4, 0.5) is 4.39 Å². The smallest absolute Gasteiger partial charge is 0.338 e. The van der Waals surface area contributed by atoms with E-state index in [9.17, 15) is 14.4 Å². The summed E-state index contributed by atoms with van der Waals surface area (Å²) in [5.41, 5.74) is 9.59. The predicted octanol–water partition coefficient (Wildman–Crippen LogP) is 4.93. The summed E-state index contributed by atoms with van der Waals surface area (Å²) in [5, 5.41) is 9.92. The van der Waals surface area contributed by atoms with Crippen molar-refractivity contribution in [1.29, 1.82) is 5.26 Å². The number of rotatable bonds is 5. The van der Waals surface area contributed by atoms with Crippen molar-refractivity contribution in [3.63, 3.8) is 0 Å². The van der Waals surface area contributed by atoms with Gasteiger partial charge in [0.25, 0.3) is 0 Å². The van der Waals surface area contributed by atoms with Crippen LogP contribution in [0.15, 0.2) is 53.1 Å². The number of nitriles is 1. The van der Waals surface area contributed by atoms with E-state index in [4.69, 9.17) is 31.5 Å². The number of carbonyl (C=O) groups is 1. The fraction of sp³-hybridized carbons (Fsp3) is 0.250. The van der Waals surface area contributed by atoms with Gasteiger partial charge in [-0.25, -0.2) is 9.18 Å². The minimum absolute atomic E-state index is 0.0569. The Morgan fingerprint density at radius 3 is 2.59 bits per heavy atom. The number of nitrogens with two attached hydrogens (primary N) is 1. The third-order valence-electron chi connectivity index (χ3n) is 5.32. The van der Waals surface area contributed by atoms with Crippen molar-refractivity contribution in [3.8, 4) is 11.8 Å². The highest BCUT2D eigenvalue weighted by Gasteiger charge is 2.37. The van der Waals surface area contributed by atoms with Crippen LogP contribution in [0.3, 0.4) is 0 Å². The maximum Gasteiger partial charge on any atom is 0.338 e. The predicted molar refractivity (Wildman–Crippen MR) is 117 cm³/mol. The number of nitrogens with zero attached hydrogens (tertiary/aromatic N) is 1. The summed E-state index contributed by atoms with van der Waals surface area (Å²) in [6.07, 6.45) is 0. The normalized spacial score (nSPS) is 15.8. The molecule has 0 radical (unpaired) electrons. The summed E-state index contributed by atoms with van der Waals surface area (Å²) in [6.45, 7) is 5.55. The van der Waals surface area contributed by atoms with Crippen molar-refractivity contribution in [3.05, 3.63) is 86.2 Å². The molecule has 1 heterocycles. The number of hydrogen-bond donors (Lipinski definition) is 1. The highest BCUT2D eigenvalue weighted by atomic mass is 35.5. The molecule has 6 nitrogen and oxygen atoms in total. The molecule has 8 heteroatoms. The van der Waals surface area contributed by atoms with Crippen LogP contribution in [-0.4, -0.2) is 13.1 Å². The molecule has 32 heavy (non-hydrogen) atoms. The van der Waals surface area contributed by atoms with Crippen molar-refractivity contribution in [1.82, 2.24) is 0 Å². The molecule has 2 N–H and O–H groups in total. The molecule has 1 unspecified atom stereocenters. The van der Waals surface area contributed by atoms with Gasteiger partial charge in [-0.05, 0) is 61.2 Å². The maximum atomic E-state index is 13.3. The number of esters is 1. The van der Waals surface area contributed by atoms with Gasteiger partial charge in [0, 0.05) is 0 Å². The number of methoxy groups -OCH3 is 1. The van der Waals surface area contributed by atoms with E-state index < -0.39 is 17.7 Å². The van der Waals surface area contributed by atoms with Gasteiger partial charge < -0.3 is 19.9 Å². The Labute approximate surface area is 190 Å². The highest BCUT2D eigenvalue weighted by Crippen LogP contribution is 2.41. The monoisotopic (exact) mass is 456 g/mol. The van der Waals surface area contributed by atoms with Crippen LogP contribution in [0.25, 0.3) is 0 Å². The Kier molecular flexibility index (Phi) is 6.75. The van der Waals surface area contributed by atoms with Crippen LogP contribution in [0.2, 0.25) is 5.02 Å². The Morgan fingerprint density at radius 2 is 1.97 bits per heavy atom. The lowest BCUT2D eigenvalue weighted by molar-refractivity contribution is -0.136. The van der Waals surface area contributed by atoms with Crippen molar-refractivity contribution in [2.75, 3.05) is 7.11 Å². The lowest BCUT2D eigenvalue weighted by Gasteiger charge is -2.28. The third-order valence-corrected chi connectivity index (χ3v) is 5.62. The van der Waals surface area contributed by atoms with Crippen molar-refractivity contribution >= 4 is 17.6 Å². The van der Waals surface area contributed by atoms with Crippen LogP contribution < -0.4 is 10.5 Å². The molecule has 2 aromatic carbocycles. The third kappa shape index (κ3) is 4.41. The minimum Gasteiger partial charge on any atom is -0.487 e. The summed E-state index contributed by atoms with van der Waals surface area (Å²) >= 11 is 6.06. The number of hydrogen-bond acceptors (Lipinski definition) is 6. The second-order valence-electron chi connectivity index (χ2n) is 7.38. The Hall–Kier alpha value is -3.50. The molecular formula is C24H22ClFN2O4. The lowest BCUT2D eigenvalue weighted by atomic mass is 9.80. The first-order valence-corrected chi connectivity index (χ1v) is 10.1. The Balaban J connectivity index is 2.07. The van der Waals surface area contributed by atoms with Crippen LogP contribution in [0.1, 0.15) is 35.1 Å². The van der Waals surface area contributed by atoms with E-state index in [2.05, 4.69) is 6.07 Å². The molecule has 1 aliphatic rings. The van der Waals surface area contributed by atoms with E-state index in [0.29, 0.717) is 11.3 Å². The number of allylic oxidation sites excluding steroid dienone is 2. The van der Waals surface area contributed by atoms with E-state index in [0.717, 1.165) is 16.7 Å². The van der Waals surface area contributed by atoms with Crippen molar-refractivity contribution in [2.24, 2.45) is 5.73 Å². The zero-order chi connectivity index (χ0) is 23.6. The highest BCUT2D eigenvalue weighted by molar-refractivity contribution is 6.32. The van der Waals surface area contributed by atoms with Crippen molar-refractivity contribution in [2.45, 2.75) is 33.3 Å². The Morgan fingerprint density at radius 1 is 1.25 bits per heavy atom. The van der Waals surface area contributed by atoms with Crippen LogP contribution in [-0.2, 0) is 20.9 Å². The first-order chi connectivity index (χ1) is 15.2. The molecule has 2 aromatic rings. The molecule has 1 atom stereocenters. The Bertz CT molecular complexity index is 1200. The summed E-state index contributed by atoms with van der Waals surface area (Å²) in [7, 11) is 1.26. The topological polar surface area (TPSA) is 94.6 Å². The van der Waals surface area contributed by atoms with Crippen molar-refractivity contribution < 1.29 is 23.4 Å². The summed E-state index contributed by atoms with van der Waals surface area (Å²) < 4.78 is 29.5. The fourth-order valence-electron chi connectivity index (χ4n) is 3.70. The largest absolute Gasteiger partial charge is 0.487 e. The number of halogens is 2. The summed E-state index contributed by atoms with van der Waals surface area (Å²) in [6, 6.07) is 9.76. The van der Waals surface area contributed by atoms with E-state index in [-0.39, 0.29) is 34.4 Å². The number of carbonyl (C=O) groups excluding carboxylic acids is 1. The SMILES string of the molecule is COC(=O)C1=C(C)OC(N)=C(C#N)C1c1cc(COc2ccc(F)cc2Cl)c(C)cc1C. The molecule has 0 aliphatic carbocycles. The first kappa shape index (κ1) is 23.2. The van der Waals surface area contributed by atoms with Crippen LogP contribution in [0, 0.1) is 31.0 Å². The fourth-order valence-corrected chi connectivity index (χ4v) is 3.92. The average molecular weight is 457 g/mol. The zero-order valence-electron chi connectivity index (χ0n) is 18.1. The summed E-state index contributed by atoms with van der Waals surface area (Å²) in [5.74, 6) is -1.26. The number of benzene rings is 2. The van der Waals surface area contributed by atoms with Gasteiger partial charge in [-0.2, -0.15) is 5.26 Å². The van der Waals surface area contributed by atoms with Gasteiger partial charge in [0.2, 0.25) is 5.88 Å². The van der Waals surface area contributed by atoms with Gasteiger partial charge in [0.05, 0.1) is 23.6 Å². The van der Waals surface area contributed by atoms with Gasteiger partial charge in [0.1, 0.15) is 35.6 Å². The second kappa shape index (κ2) is 9.33. The van der Waals surface area contributed by atoms with Gasteiger partial charge in [-0.15, -0.1) is 0 Å².